The van der Waals surface area contributed by atoms with Crippen LogP contribution in [0.1, 0.15) is 17.2 Å². The largest absolute Gasteiger partial charge is 0.496 e. The molecule has 0 amide bonds. The summed E-state index contributed by atoms with van der Waals surface area (Å²) in [5, 5.41) is 20.9. The Morgan fingerprint density at radius 1 is 1.10 bits per heavy atom. The zero-order valence-corrected chi connectivity index (χ0v) is 11.9. The van der Waals surface area contributed by atoms with Crippen molar-refractivity contribution in [2.45, 2.75) is 18.6 Å². The lowest BCUT2D eigenvalue weighted by molar-refractivity contribution is 0.0187. The van der Waals surface area contributed by atoms with Gasteiger partial charge >= 0.3 is 0 Å². The SMILES string of the molecule is COc1ccc(Cl)cc1CC(O)C(O)c1ccccc1. The number of aliphatic hydroxyl groups excluding tert-OH is 2. The summed E-state index contributed by atoms with van der Waals surface area (Å²) in [7, 11) is 1.56. The molecule has 0 fully saturated rings. The summed E-state index contributed by atoms with van der Waals surface area (Å²) in [4.78, 5) is 0. The Morgan fingerprint density at radius 3 is 2.45 bits per heavy atom. The molecular formula is C16H17ClO3. The van der Waals surface area contributed by atoms with Crippen molar-refractivity contribution in [3.8, 4) is 5.75 Å². The van der Waals surface area contributed by atoms with Gasteiger partial charge in [0.2, 0.25) is 0 Å². The number of hydrogen-bond acceptors (Lipinski definition) is 3. The molecule has 106 valence electrons. The molecule has 3 nitrogen and oxygen atoms in total. The van der Waals surface area contributed by atoms with Crippen molar-refractivity contribution in [3.63, 3.8) is 0 Å². The summed E-state index contributed by atoms with van der Waals surface area (Å²) in [5.41, 5.74) is 1.45. The van der Waals surface area contributed by atoms with Crippen molar-refractivity contribution >= 4 is 11.6 Å². The van der Waals surface area contributed by atoms with E-state index in [9.17, 15) is 10.2 Å². The molecular weight excluding hydrogens is 276 g/mol. The molecule has 2 N–H and O–H groups in total. The fraction of sp³-hybridized carbons (Fsp3) is 0.250. The molecule has 0 bridgehead atoms. The molecule has 0 saturated carbocycles. The third kappa shape index (κ3) is 3.51. The third-order valence-electron chi connectivity index (χ3n) is 3.18. The van der Waals surface area contributed by atoms with Gasteiger partial charge in [-0.05, 0) is 29.3 Å². The first-order valence-electron chi connectivity index (χ1n) is 6.35. The van der Waals surface area contributed by atoms with Crippen molar-refractivity contribution in [2.75, 3.05) is 7.11 Å². The number of methoxy groups -OCH3 is 1. The standard InChI is InChI=1S/C16H17ClO3/c1-20-15-8-7-13(17)9-12(15)10-14(18)16(19)11-5-3-2-4-6-11/h2-9,14,16,18-19H,10H2,1H3. The first-order valence-corrected chi connectivity index (χ1v) is 6.73. The molecule has 0 heterocycles. The van der Waals surface area contributed by atoms with Crippen molar-refractivity contribution in [2.24, 2.45) is 0 Å². The first-order chi connectivity index (χ1) is 9.61. The quantitative estimate of drug-likeness (QED) is 0.891. The Hall–Kier alpha value is -1.55. The fourth-order valence-electron chi connectivity index (χ4n) is 2.12. The van der Waals surface area contributed by atoms with Gasteiger partial charge in [-0.1, -0.05) is 41.9 Å². The highest BCUT2D eigenvalue weighted by Gasteiger charge is 2.20. The van der Waals surface area contributed by atoms with Crippen LogP contribution < -0.4 is 4.74 Å². The molecule has 0 saturated heterocycles. The molecule has 2 atom stereocenters. The van der Waals surface area contributed by atoms with Gasteiger partial charge in [0, 0.05) is 11.4 Å². The van der Waals surface area contributed by atoms with Gasteiger partial charge in [0.15, 0.2) is 0 Å². The zero-order chi connectivity index (χ0) is 14.5. The number of halogens is 1. The second-order valence-electron chi connectivity index (χ2n) is 4.58. The fourth-order valence-corrected chi connectivity index (χ4v) is 2.31. The maximum atomic E-state index is 10.2. The zero-order valence-electron chi connectivity index (χ0n) is 11.2. The number of aliphatic hydroxyl groups is 2. The monoisotopic (exact) mass is 292 g/mol. The van der Waals surface area contributed by atoms with E-state index in [-0.39, 0.29) is 6.42 Å². The highest BCUT2D eigenvalue weighted by atomic mass is 35.5. The normalized spacial score (nSPS) is 13.8. The minimum absolute atomic E-state index is 0.264. The Kier molecular flexibility index (Phi) is 5.01. The molecule has 0 aliphatic rings. The van der Waals surface area contributed by atoms with E-state index in [2.05, 4.69) is 0 Å². The van der Waals surface area contributed by atoms with Crippen molar-refractivity contribution in [1.82, 2.24) is 0 Å². The highest BCUT2D eigenvalue weighted by molar-refractivity contribution is 6.30. The lowest BCUT2D eigenvalue weighted by Crippen LogP contribution is -2.21. The Bertz CT molecular complexity index is 557. The minimum atomic E-state index is -0.945. The predicted octanol–water partition coefficient (Wildman–Crippen LogP) is 2.99. The summed E-state index contributed by atoms with van der Waals surface area (Å²) >= 11 is 5.95. The van der Waals surface area contributed by atoms with Gasteiger partial charge in [0.05, 0.1) is 13.2 Å². The third-order valence-corrected chi connectivity index (χ3v) is 3.41. The summed E-state index contributed by atoms with van der Waals surface area (Å²) in [6, 6.07) is 14.3. The van der Waals surface area contributed by atoms with Crippen LogP contribution in [0.25, 0.3) is 0 Å². The minimum Gasteiger partial charge on any atom is -0.496 e. The van der Waals surface area contributed by atoms with Crippen molar-refractivity contribution in [1.29, 1.82) is 0 Å². The van der Waals surface area contributed by atoms with Crippen LogP contribution in [0.2, 0.25) is 5.02 Å². The van der Waals surface area contributed by atoms with E-state index >= 15 is 0 Å². The molecule has 2 rings (SSSR count). The topological polar surface area (TPSA) is 49.7 Å². The van der Waals surface area contributed by atoms with E-state index < -0.39 is 12.2 Å². The summed E-state index contributed by atoms with van der Waals surface area (Å²) in [5.74, 6) is 0.647. The second kappa shape index (κ2) is 6.75. The van der Waals surface area contributed by atoms with Crippen LogP contribution in [0, 0.1) is 0 Å². The van der Waals surface area contributed by atoms with Crippen LogP contribution in [0.3, 0.4) is 0 Å². The van der Waals surface area contributed by atoms with Crippen LogP contribution in [0.15, 0.2) is 48.5 Å². The van der Waals surface area contributed by atoms with E-state index in [0.717, 1.165) is 5.56 Å². The van der Waals surface area contributed by atoms with E-state index in [0.29, 0.717) is 16.3 Å². The Morgan fingerprint density at radius 2 is 1.80 bits per heavy atom. The smallest absolute Gasteiger partial charge is 0.122 e. The number of rotatable bonds is 5. The van der Waals surface area contributed by atoms with Crippen molar-refractivity contribution < 1.29 is 14.9 Å². The number of hydrogen-bond donors (Lipinski definition) is 2. The summed E-state index contributed by atoms with van der Waals surface area (Å²) in [6.07, 6.45) is -1.61. The van der Waals surface area contributed by atoms with Crippen LogP contribution >= 0.6 is 11.6 Å². The molecule has 0 spiro atoms. The molecule has 20 heavy (non-hydrogen) atoms. The predicted molar refractivity (Wildman–Crippen MR) is 79.1 cm³/mol. The van der Waals surface area contributed by atoms with Gasteiger partial charge in [0.1, 0.15) is 11.9 Å². The maximum absolute atomic E-state index is 10.2. The molecule has 0 aliphatic carbocycles. The Labute approximate surface area is 123 Å². The van der Waals surface area contributed by atoms with Crippen LogP contribution in [-0.2, 0) is 6.42 Å². The van der Waals surface area contributed by atoms with Gasteiger partial charge in [-0.3, -0.25) is 0 Å². The summed E-state index contributed by atoms with van der Waals surface area (Å²) < 4.78 is 5.24. The van der Waals surface area contributed by atoms with Crippen molar-refractivity contribution in [3.05, 3.63) is 64.7 Å². The molecule has 2 unspecified atom stereocenters. The highest BCUT2D eigenvalue weighted by Crippen LogP contribution is 2.27. The van der Waals surface area contributed by atoms with E-state index in [1.165, 1.54) is 0 Å². The molecule has 2 aromatic carbocycles. The molecule has 4 heteroatoms. The second-order valence-corrected chi connectivity index (χ2v) is 5.02. The van der Waals surface area contributed by atoms with Crippen LogP contribution in [-0.4, -0.2) is 23.4 Å². The average molecular weight is 293 g/mol. The van der Waals surface area contributed by atoms with Gasteiger partial charge in [-0.2, -0.15) is 0 Å². The maximum Gasteiger partial charge on any atom is 0.122 e. The Balaban J connectivity index is 2.15. The molecule has 2 aromatic rings. The van der Waals surface area contributed by atoms with Gasteiger partial charge in [-0.25, -0.2) is 0 Å². The lowest BCUT2D eigenvalue weighted by Gasteiger charge is -2.19. The first kappa shape index (κ1) is 14.9. The van der Waals surface area contributed by atoms with Gasteiger partial charge in [-0.15, -0.1) is 0 Å². The van der Waals surface area contributed by atoms with E-state index in [1.807, 2.05) is 18.2 Å². The lowest BCUT2D eigenvalue weighted by atomic mass is 9.98. The number of ether oxygens (including phenoxy) is 1. The molecule has 0 radical (unpaired) electrons. The number of benzene rings is 2. The average Bonchev–Trinajstić information content (AvgIpc) is 2.47. The molecule has 0 aromatic heterocycles. The van der Waals surface area contributed by atoms with E-state index in [1.54, 1.807) is 37.4 Å². The molecule has 0 aliphatic heterocycles. The summed E-state index contributed by atoms with van der Waals surface area (Å²) in [6.45, 7) is 0. The van der Waals surface area contributed by atoms with E-state index in [4.69, 9.17) is 16.3 Å². The van der Waals surface area contributed by atoms with Crippen LogP contribution in [0.4, 0.5) is 0 Å². The van der Waals surface area contributed by atoms with Gasteiger partial charge < -0.3 is 14.9 Å². The van der Waals surface area contributed by atoms with Crippen LogP contribution in [0.5, 0.6) is 5.75 Å². The van der Waals surface area contributed by atoms with Gasteiger partial charge in [0.25, 0.3) is 0 Å².